The number of halogens is 4. The third kappa shape index (κ3) is 5.99. The Kier molecular flexibility index (Phi) is 6.04. The van der Waals surface area contributed by atoms with Crippen LogP contribution in [0.2, 0.25) is 0 Å². The van der Waals surface area contributed by atoms with Gasteiger partial charge in [0.05, 0.1) is 18.7 Å². The van der Waals surface area contributed by atoms with Crippen LogP contribution >= 0.6 is 0 Å². The normalized spacial score (nSPS) is 16.5. The van der Waals surface area contributed by atoms with E-state index in [1.54, 1.807) is 41.5 Å². The number of alkyl carbamates (subject to hydrolysis) is 1. The maximum absolute atomic E-state index is 14.0. The fourth-order valence-corrected chi connectivity index (χ4v) is 2.92. The highest BCUT2D eigenvalue weighted by atomic mass is 19.4. The molecule has 1 heterocycles. The summed E-state index contributed by atoms with van der Waals surface area (Å²) in [6.07, 6.45) is -6.38. The summed E-state index contributed by atoms with van der Waals surface area (Å²) in [5.41, 5.74) is -4.42. The van der Waals surface area contributed by atoms with Crippen molar-refractivity contribution in [3.05, 3.63) is 35.1 Å². The maximum Gasteiger partial charge on any atom is 0.416 e. The minimum absolute atomic E-state index is 0.125. The zero-order valence-electron chi connectivity index (χ0n) is 17.7. The molecule has 0 unspecified atom stereocenters. The van der Waals surface area contributed by atoms with E-state index in [2.05, 4.69) is 5.32 Å². The lowest BCUT2D eigenvalue weighted by Crippen LogP contribution is -2.69. The summed E-state index contributed by atoms with van der Waals surface area (Å²) in [5, 5.41) is 2.51. The van der Waals surface area contributed by atoms with Gasteiger partial charge in [0.1, 0.15) is 22.6 Å². The minimum atomic E-state index is -4.78. The molecule has 1 N–H and O–H groups in total. The number of amides is 2. The van der Waals surface area contributed by atoms with Gasteiger partial charge in [-0.1, -0.05) is 0 Å². The van der Waals surface area contributed by atoms with Crippen LogP contribution in [-0.4, -0.2) is 41.4 Å². The van der Waals surface area contributed by atoms with Crippen molar-refractivity contribution in [3.63, 3.8) is 0 Å². The van der Waals surface area contributed by atoms with Crippen LogP contribution in [-0.2, 0) is 21.2 Å². The number of nitrogens with zero attached hydrogens (tertiary/aromatic N) is 1. The van der Waals surface area contributed by atoms with Crippen molar-refractivity contribution < 1.29 is 36.6 Å². The smallest absolute Gasteiger partial charge is 0.416 e. The fourth-order valence-electron chi connectivity index (χ4n) is 2.92. The number of carbonyl (C=O) groups is 2. The summed E-state index contributed by atoms with van der Waals surface area (Å²) in [7, 11) is 0. The Labute approximate surface area is 172 Å². The molecule has 1 aromatic rings. The molecule has 10 heteroatoms. The molecular formula is C20H26F4N2O4. The van der Waals surface area contributed by atoms with E-state index in [0.29, 0.717) is 6.07 Å². The Balaban J connectivity index is 2.36. The second-order valence-electron chi connectivity index (χ2n) is 9.27. The monoisotopic (exact) mass is 434 g/mol. The van der Waals surface area contributed by atoms with Gasteiger partial charge in [0.15, 0.2) is 0 Å². The minimum Gasteiger partial charge on any atom is -0.444 e. The van der Waals surface area contributed by atoms with Crippen LogP contribution in [0.15, 0.2) is 18.2 Å². The number of rotatable bonds is 2. The molecule has 1 aliphatic rings. The van der Waals surface area contributed by atoms with Gasteiger partial charge in [-0.05, 0) is 65.3 Å². The highest BCUT2D eigenvalue weighted by molar-refractivity contribution is 5.73. The van der Waals surface area contributed by atoms with Crippen molar-refractivity contribution in [2.24, 2.45) is 0 Å². The lowest BCUT2D eigenvalue weighted by molar-refractivity contribution is -0.138. The molecule has 6 nitrogen and oxygen atoms in total. The molecule has 0 radical (unpaired) electrons. The molecule has 1 fully saturated rings. The quantitative estimate of drug-likeness (QED) is 0.678. The predicted octanol–water partition coefficient (Wildman–Crippen LogP) is 4.82. The van der Waals surface area contributed by atoms with E-state index >= 15 is 0 Å². The van der Waals surface area contributed by atoms with Crippen molar-refractivity contribution in [3.8, 4) is 0 Å². The first-order chi connectivity index (χ1) is 13.4. The molecule has 1 aliphatic heterocycles. The van der Waals surface area contributed by atoms with Gasteiger partial charge < -0.3 is 19.7 Å². The van der Waals surface area contributed by atoms with E-state index in [4.69, 9.17) is 9.47 Å². The molecule has 0 atom stereocenters. The SMILES string of the molecule is CC(C)(C)OC(=O)NC1(c2cc(F)cc(C(F)(F)F)c2)CN(C(=O)OC(C)(C)C)C1. The van der Waals surface area contributed by atoms with Crippen molar-refractivity contribution in [1.29, 1.82) is 0 Å². The van der Waals surface area contributed by atoms with E-state index in [1.807, 2.05) is 0 Å². The first kappa shape index (κ1) is 23.8. The fraction of sp³-hybridized carbons (Fsp3) is 0.600. The molecule has 2 rings (SSSR count). The Morgan fingerprint density at radius 2 is 1.50 bits per heavy atom. The van der Waals surface area contributed by atoms with Gasteiger partial charge in [0.2, 0.25) is 0 Å². The van der Waals surface area contributed by atoms with Crippen LogP contribution in [0.25, 0.3) is 0 Å². The third-order valence-electron chi connectivity index (χ3n) is 4.09. The van der Waals surface area contributed by atoms with Gasteiger partial charge in [0, 0.05) is 0 Å². The highest BCUT2D eigenvalue weighted by Crippen LogP contribution is 2.38. The van der Waals surface area contributed by atoms with Crippen LogP contribution in [0.1, 0.15) is 52.7 Å². The molecular weight excluding hydrogens is 408 g/mol. The van der Waals surface area contributed by atoms with E-state index < -0.39 is 46.5 Å². The Morgan fingerprint density at radius 3 is 1.97 bits per heavy atom. The van der Waals surface area contributed by atoms with Crippen LogP contribution < -0.4 is 5.32 Å². The van der Waals surface area contributed by atoms with Crippen LogP contribution in [0.5, 0.6) is 0 Å². The second-order valence-corrected chi connectivity index (χ2v) is 9.27. The molecule has 1 aromatic carbocycles. The van der Waals surface area contributed by atoms with Gasteiger partial charge in [-0.2, -0.15) is 13.2 Å². The van der Waals surface area contributed by atoms with Crippen LogP contribution in [0.3, 0.4) is 0 Å². The molecule has 0 aliphatic carbocycles. The van der Waals surface area contributed by atoms with Crippen molar-refractivity contribution >= 4 is 12.2 Å². The standard InChI is InChI=1S/C20H26F4N2O4/c1-17(2,3)29-15(27)25-19(10-26(11-19)16(28)30-18(4,5)6)12-7-13(20(22,23)24)9-14(21)8-12/h7-9H,10-11H2,1-6H3,(H,25,27). The van der Waals surface area contributed by atoms with Gasteiger partial charge >= 0.3 is 18.4 Å². The topological polar surface area (TPSA) is 67.9 Å². The van der Waals surface area contributed by atoms with Crippen LogP contribution in [0.4, 0.5) is 27.2 Å². The van der Waals surface area contributed by atoms with Crippen molar-refractivity contribution in [2.45, 2.75) is 64.5 Å². The first-order valence-electron chi connectivity index (χ1n) is 9.28. The predicted molar refractivity (Wildman–Crippen MR) is 100 cm³/mol. The molecule has 2 amide bonds. The Morgan fingerprint density at radius 1 is 0.967 bits per heavy atom. The van der Waals surface area contributed by atoms with E-state index in [1.165, 1.54) is 4.90 Å². The highest BCUT2D eigenvalue weighted by Gasteiger charge is 2.50. The molecule has 168 valence electrons. The number of hydrogen-bond acceptors (Lipinski definition) is 4. The summed E-state index contributed by atoms with van der Waals surface area (Å²) in [6.45, 7) is 9.45. The van der Waals surface area contributed by atoms with Gasteiger partial charge in [-0.25, -0.2) is 14.0 Å². The first-order valence-corrected chi connectivity index (χ1v) is 9.28. The third-order valence-corrected chi connectivity index (χ3v) is 4.09. The lowest BCUT2D eigenvalue weighted by Gasteiger charge is -2.50. The van der Waals surface area contributed by atoms with E-state index in [-0.39, 0.29) is 18.7 Å². The summed E-state index contributed by atoms with van der Waals surface area (Å²) in [6, 6.07) is 2.03. The van der Waals surface area contributed by atoms with E-state index in [9.17, 15) is 27.2 Å². The zero-order chi connectivity index (χ0) is 23.1. The number of benzene rings is 1. The summed E-state index contributed by atoms with van der Waals surface area (Å²) in [4.78, 5) is 25.8. The maximum atomic E-state index is 14.0. The molecule has 30 heavy (non-hydrogen) atoms. The molecule has 0 aromatic heterocycles. The number of likely N-dealkylation sites (tertiary alicyclic amines) is 1. The molecule has 1 saturated heterocycles. The van der Waals surface area contributed by atoms with Crippen molar-refractivity contribution in [1.82, 2.24) is 10.2 Å². The Bertz CT molecular complexity index is 820. The summed E-state index contributed by atoms with van der Waals surface area (Å²) in [5.74, 6) is -1.11. The van der Waals surface area contributed by atoms with Gasteiger partial charge in [-0.15, -0.1) is 0 Å². The van der Waals surface area contributed by atoms with E-state index in [0.717, 1.165) is 12.1 Å². The van der Waals surface area contributed by atoms with Gasteiger partial charge in [0.25, 0.3) is 0 Å². The number of alkyl halides is 3. The second kappa shape index (κ2) is 7.63. The van der Waals surface area contributed by atoms with Crippen molar-refractivity contribution in [2.75, 3.05) is 13.1 Å². The number of ether oxygens (including phenoxy) is 2. The largest absolute Gasteiger partial charge is 0.444 e. The summed E-state index contributed by atoms with van der Waals surface area (Å²) < 4.78 is 63.9. The number of hydrogen-bond donors (Lipinski definition) is 1. The average Bonchev–Trinajstić information content (AvgIpc) is 2.45. The molecule has 0 bridgehead atoms. The van der Waals surface area contributed by atoms with Gasteiger partial charge in [-0.3, -0.25) is 0 Å². The summed E-state index contributed by atoms with van der Waals surface area (Å²) >= 11 is 0. The average molecular weight is 434 g/mol. The molecule has 0 spiro atoms. The Hall–Kier alpha value is -2.52. The number of nitrogens with one attached hydrogen (secondary N) is 1. The molecule has 0 saturated carbocycles. The van der Waals surface area contributed by atoms with Crippen LogP contribution in [0, 0.1) is 5.82 Å². The number of carbonyl (C=O) groups excluding carboxylic acids is 2. The lowest BCUT2D eigenvalue weighted by atomic mass is 9.81. The zero-order valence-corrected chi connectivity index (χ0v) is 17.7.